The maximum atomic E-state index is 5.46. The number of thiocarbonyl (C=S) groups is 1. The monoisotopic (exact) mass is 366 g/mol. The van der Waals surface area contributed by atoms with Crippen LogP contribution in [0.3, 0.4) is 0 Å². The number of hydrogen-bond acceptors (Lipinski definition) is 2. The van der Waals surface area contributed by atoms with E-state index < -0.39 is 0 Å². The van der Waals surface area contributed by atoms with Crippen molar-refractivity contribution >= 4 is 38.9 Å². The van der Waals surface area contributed by atoms with E-state index in [-0.39, 0.29) is 0 Å². The molecule has 1 N–H and O–H groups in total. The van der Waals surface area contributed by atoms with E-state index >= 15 is 0 Å². The zero-order chi connectivity index (χ0) is 15.6. The second kappa shape index (κ2) is 6.58. The Labute approximate surface area is 139 Å². The standard InChI is InChI=1S/C15H19BrN4S/c1-10-14(11(2)20(4)18-10)9-19(3)15(21)17-13-7-5-12(16)6-8-13/h5-8H,9H2,1-4H3,(H,17,21). The summed E-state index contributed by atoms with van der Waals surface area (Å²) in [7, 11) is 3.95. The molecule has 0 atom stereocenters. The molecular weight excluding hydrogens is 348 g/mol. The average molecular weight is 367 g/mol. The van der Waals surface area contributed by atoms with E-state index in [2.05, 4.69) is 33.3 Å². The van der Waals surface area contributed by atoms with Crippen LogP contribution in [0.2, 0.25) is 0 Å². The Bertz CT molecular complexity index is 648. The van der Waals surface area contributed by atoms with Crippen LogP contribution in [0.15, 0.2) is 28.7 Å². The molecule has 0 bridgehead atoms. The molecule has 0 aliphatic carbocycles. The van der Waals surface area contributed by atoms with Crippen LogP contribution < -0.4 is 5.32 Å². The predicted octanol–water partition coefficient (Wildman–Crippen LogP) is 3.63. The van der Waals surface area contributed by atoms with Crippen LogP contribution in [0.25, 0.3) is 0 Å². The first kappa shape index (κ1) is 16.0. The molecule has 21 heavy (non-hydrogen) atoms. The van der Waals surface area contributed by atoms with Gasteiger partial charge in [-0.15, -0.1) is 0 Å². The molecule has 4 nitrogen and oxygen atoms in total. The van der Waals surface area contributed by atoms with Crippen molar-refractivity contribution in [3.63, 3.8) is 0 Å². The molecule has 1 heterocycles. The van der Waals surface area contributed by atoms with Gasteiger partial charge in [0.05, 0.1) is 5.69 Å². The van der Waals surface area contributed by atoms with Gasteiger partial charge in [-0.25, -0.2) is 0 Å². The third-order valence-electron chi connectivity index (χ3n) is 3.50. The summed E-state index contributed by atoms with van der Waals surface area (Å²) >= 11 is 8.88. The second-order valence-electron chi connectivity index (χ2n) is 5.07. The quantitative estimate of drug-likeness (QED) is 0.840. The molecule has 1 aromatic heterocycles. The summed E-state index contributed by atoms with van der Waals surface area (Å²) in [6.07, 6.45) is 0. The van der Waals surface area contributed by atoms with Gasteiger partial charge in [-0.05, 0) is 50.3 Å². The molecule has 0 saturated carbocycles. The number of benzene rings is 1. The van der Waals surface area contributed by atoms with E-state index in [4.69, 9.17) is 12.2 Å². The summed E-state index contributed by atoms with van der Waals surface area (Å²) in [5.41, 5.74) is 4.42. The molecule has 0 aliphatic rings. The Morgan fingerprint density at radius 3 is 2.48 bits per heavy atom. The van der Waals surface area contributed by atoms with E-state index in [0.717, 1.165) is 22.4 Å². The van der Waals surface area contributed by atoms with Gasteiger partial charge in [0.15, 0.2) is 5.11 Å². The Kier molecular flexibility index (Phi) is 5.00. The normalized spacial score (nSPS) is 10.5. The minimum Gasteiger partial charge on any atom is -0.348 e. The van der Waals surface area contributed by atoms with E-state index in [1.54, 1.807) is 0 Å². The lowest BCUT2D eigenvalue weighted by molar-refractivity contribution is 0.505. The van der Waals surface area contributed by atoms with Crippen LogP contribution in [0.5, 0.6) is 0 Å². The topological polar surface area (TPSA) is 33.1 Å². The van der Waals surface area contributed by atoms with Crippen molar-refractivity contribution in [2.24, 2.45) is 7.05 Å². The molecule has 0 saturated heterocycles. The summed E-state index contributed by atoms with van der Waals surface area (Å²) in [6, 6.07) is 7.95. The minimum atomic E-state index is 0.694. The van der Waals surface area contributed by atoms with Gasteiger partial charge in [0.2, 0.25) is 0 Å². The Hall–Kier alpha value is -1.40. The molecule has 112 valence electrons. The first-order chi connectivity index (χ1) is 9.88. The summed E-state index contributed by atoms with van der Waals surface area (Å²) in [6.45, 7) is 4.85. The van der Waals surface area contributed by atoms with Crippen molar-refractivity contribution in [2.75, 3.05) is 12.4 Å². The maximum absolute atomic E-state index is 5.46. The highest BCUT2D eigenvalue weighted by atomic mass is 79.9. The average Bonchev–Trinajstić information content (AvgIpc) is 2.68. The fraction of sp³-hybridized carbons (Fsp3) is 0.333. The van der Waals surface area contributed by atoms with Crippen LogP contribution in [0.1, 0.15) is 17.0 Å². The Morgan fingerprint density at radius 1 is 1.33 bits per heavy atom. The van der Waals surface area contributed by atoms with Crippen molar-refractivity contribution in [3.8, 4) is 0 Å². The largest absolute Gasteiger partial charge is 0.348 e. The van der Waals surface area contributed by atoms with Gasteiger partial charge in [0.1, 0.15) is 0 Å². The molecule has 0 aliphatic heterocycles. The molecule has 1 aromatic carbocycles. The van der Waals surface area contributed by atoms with Crippen LogP contribution in [-0.4, -0.2) is 26.8 Å². The Balaban J connectivity index is 2.04. The first-order valence-electron chi connectivity index (χ1n) is 6.65. The number of aromatic nitrogens is 2. The van der Waals surface area contributed by atoms with E-state index in [1.807, 2.05) is 54.9 Å². The van der Waals surface area contributed by atoms with Crippen LogP contribution in [0, 0.1) is 13.8 Å². The van der Waals surface area contributed by atoms with Crippen molar-refractivity contribution in [1.82, 2.24) is 14.7 Å². The number of aryl methyl sites for hydroxylation is 2. The molecule has 2 rings (SSSR count). The number of halogens is 1. The molecule has 0 radical (unpaired) electrons. The zero-order valence-electron chi connectivity index (χ0n) is 12.6. The van der Waals surface area contributed by atoms with Gasteiger partial charge in [-0.3, -0.25) is 4.68 Å². The number of nitrogens with one attached hydrogen (secondary N) is 1. The zero-order valence-corrected chi connectivity index (χ0v) is 15.0. The smallest absolute Gasteiger partial charge is 0.173 e. The summed E-state index contributed by atoms with van der Waals surface area (Å²) in [4.78, 5) is 2.02. The van der Waals surface area contributed by atoms with Crippen LogP contribution in [0.4, 0.5) is 5.69 Å². The molecule has 0 fully saturated rings. The maximum Gasteiger partial charge on any atom is 0.173 e. The van der Waals surface area contributed by atoms with Crippen LogP contribution >= 0.6 is 28.1 Å². The van der Waals surface area contributed by atoms with Crippen molar-refractivity contribution < 1.29 is 0 Å². The highest BCUT2D eigenvalue weighted by molar-refractivity contribution is 9.10. The fourth-order valence-electron chi connectivity index (χ4n) is 2.11. The third-order valence-corrected chi connectivity index (χ3v) is 4.44. The molecule has 6 heteroatoms. The van der Waals surface area contributed by atoms with Gasteiger partial charge >= 0.3 is 0 Å². The van der Waals surface area contributed by atoms with Gasteiger partial charge in [0, 0.05) is 42.1 Å². The highest BCUT2D eigenvalue weighted by Gasteiger charge is 2.13. The molecular formula is C15H19BrN4S. The molecule has 0 unspecified atom stereocenters. The fourth-order valence-corrected chi connectivity index (χ4v) is 2.55. The lowest BCUT2D eigenvalue weighted by Gasteiger charge is -2.21. The van der Waals surface area contributed by atoms with Gasteiger partial charge in [0.25, 0.3) is 0 Å². The number of hydrogen-bond donors (Lipinski definition) is 1. The number of anilines is 1. The number of nitrogens with zero attached hydrogens (tertiary/aromatic N) is 3. The third kappa shape index (κ3) is 3.83. The molecule has 0 amide bonds. The predicted molar refractivity (Wildman–Crippen MR) is 94.5 cm³/mol. The lowest BCUT2D eigenvalue weighted by Crippen LogP contribution is -2.30. The van der Waals surface area contributed by atoms with E-state index in [0.29, 0.717) is 5.11 Å². The lowest BCUT2D eigenvalue weighted by atomic mass is 10.2. The van der Waals surface area contributed by atoms with Gasteiger partial charge in [-0.2, -0.15) is 5.10 Å². The SMILES string of the molecule is Cc1nn(C)c(C)c1CN(C)C(=S)Nc1ccc(Br)cc1. The highest BCUT2D eigenvalue weighted by Crippen LogP contribution is 2.17. The van der Waals surface area contributed by atoms with E-state index in [1.165, 1.54) is 11.3 Å². The second-order valence-corrected chi connectivity index (χ2v) is 6.37. The van der Waals surface area contributed by atoms with Crippen molar-refractivity contribution in [2.45, 2.75) is 20.4 Å². The van der Waals surface area contributed by atoms with Gasteiger partial charge < -0.3 is 10.2 Å². The van der Waals surface area contributed by atoms with Crippen LogP contribution in [-0.2, 0) is 13.6 Å². The van der Waals surface area contributed by atoms with E-state index in [9.17, 15) is 0 Å². The first-order valence-corrected chi connectivity index (χ1v) is 7.85. The number of rotatable bonds is 3. The van der Waals surface area contributed by atoms with Crippen molar-refractivity contribution in [3.05, 3.63) is 45.7 Å². The Morgan fingerprint density at radius 2 is 1.95 bits per heavy atom. The van der Waals surface area contributed by atoms with Gasteiger partial charge in [-0.1, -0.05) is 15.9 Å². The summed E-state index contributed by atoms with van der Waals surface area (Å²) < 4.78 is 2.96. The minimum absolute atomic E-state index is 0.694. The van der Waals surface area contributed by atoms with Crippen molar-refractivity contribution in [1.29, 1.82) is 0 Å². The molecule has 2 aromatic rings. The summed E-state index contributed by atoms with van der Waals surface area (Å²) in [5.74, 6) is 0. The molecule has 0 spiro atoms. The summed E-state index contributed by atoms with van der Waals surface area (Å²) in [5, 5.41) is 8.38.